The van der Waals surface area contributed by atoms with Crippen LogP contribution < -0.4 is 4.74 Å². The van der Waals surface area contributed by atoms with E-state index in [4.69, 9.17) is 4.74 Å². The molecule has 0 bridgehead atoms. The number of ether oxygens (including phenoxy) is 1. The molecule has 0 aliphatic heterocycles. The SMILES string of the molecule is COc1cc(C)ccc1C#CCCSC(C)=O. The van der Waals surface area contributed by atoms with Crippen molar-refractivity contribution in [2.45, 2.75) is 20.3 Å². The molecule has 0 heterocycles. The number of hydrogen-bond acceptors (Lipinski definition) is 3. The lowest BCUT2D eigenvalue weighted by molar-refractivity contribution is -0.109. The van der Waals surface area contributed by atoms with E-state index in [2.05, 4.69) is 11.8 Å². The van der Waals surface area contributed by atoms with Gasteiger partial charge >= 0.3 is 0 Å². The second-order valence-corrected chi connectivity index (χ2v) is 4.87. The number of hydrogen-bond donors (Lipinski definition) is 0. The third-order valence-electron chi connectivity index (χ3n) is 2.11. The standard InChI is InChI=1S/C14H16O2S/c1-11-7-8-13(14(10-11)16-3)6-4-5-9-17-12(2)15/h7-8,10H,5,9H2,1-3H3. The molecular formula is C14H16O2S. The minimum Gasteiger partial charge on any atom is -0.495 e. The highest BCUT2D eigenvalue weighted by Gasteiger charge is 1.99. The maximum Gasteiger partial charge on any atom is 0.185 e. The number of carbonyl (C=O) groups excluding carboxylic acids is 1. The summed E-state index contributed by atoms with van der Waals surface area (Å²) in [4.78, 5) is 10.7. The summed E-state index contributed by atoms with van der Waals surface area (Å²) in [5.74, 6) is 7.66. The van der Waals surface area contributed by atoms with E-state index in [0.717, 1.165) is 22.6 Å². The molecule has 0 N–H and O–H groups in total. The maximum absolute atomic E-state index is 10.7. The first kappa shape index (κ1) is 13.7. The van der Waals surface area contributed by atoms with Gasteiger partial charge in [-0.15, -0.1) is 0 Å². The molecule has 0 amide bonds. The summed E-state index contributed by atoms with van der Waals surface area (Å²) in [6.45, 7) is 3.59. The van der Waals surface area contributed by atoms with Crippen molar-refractivity contribution in [1.29, 1.82) is 0 Å². The van der Waals surface area contributed by atoms with Crippen LogP contribution >= 0.6 is 11.8 Å². The lowest BCUT2D eigenvalue weighted by Crippen LogP contribution is -1.89. The van der Waals surface area contributed by atoms with Crippen molar-refractivity contribution in [2.75, 3.05) is 12.9 Å². The Hall–Kier alpha value is -1.40. The van der Waals surface area contributed by atoms with Gasteiger partial charge in [0, 0.05) is 19.1 Å². The lowest BCUT2D eigenvalue weighted by atomic mass is 10.1. The minimum atomic E-state index is 0.139. The van der Waals surface area contributed by atoms with Gasteiger partial charge in [-0.3, -0.25) is 4.79 Å². The lowest BCUT2D eigenvalue weighted by Gasteiger charge is -2.03. The van der Waals surface area contributed by atoms with E-state index in [9.17, 15) is 4.79 Å². The van der Waals surface area contributed by atoms with E-state index in [1.807, 2.05) is 25.1 Å². The molecule has 0 aromatic heterocycles. The van der Waals surface area contributed by atoms with E-state index >= 15 is 0 Å². The largest absolute Gasteiger partial charge is 0.495 e. The van der Waals surface area contributed by atoms with Gasteiger partial charge in [-0.1, -0.05) is 29.7 Å². The Morgan fingerprint density at radius 1 is 1.47 bits per heavy atom. The van der Waals surface area contributed by atoms with Gasteiger partial charge in [0.15, 0.2) is 5.12 Å². The topological polar surface area (TPSA) is 26.3 Å². The van der Waals surface area contributed by atoms with Crippen LogP contribution in [0.25, 0.3) is 0 Å². The molecule has 90 valence electrons. The summed E-state index contributed by atoms with van der Waals surface area (Å²) >= 11 is 1.31. The zero-order valence-electron chi connectivity index (χ0n) is 10.4. The Labute approximate surface area is 107 Å². The molecule has 0 aliphatic carbocycles. The van der Waals surface area contributed by atoms with Gasteiger partial charge in [0.05, 0.1) is 12.7 Å². The number of methoxy groups -OCH3 is 1. The van der Waals surface area contributed by atoms with Gasteiger partial charge in [0.2, 0.25) is 0 Å². The Morgan fingerprint density at radius 3 is 2.88 bits per heavy atom. The van der Waals surface area contributed by atoms with Crippen LogP contribution in [0.15, 0.2) is 18.2 Å². The van der Waals surface area contributed by atoms with Gasteiger partial charge < -0.3 is 4.74 Å². The molecule has 0 aliphatic rings. The van der Waals surface area contributed by atoms with Gasteiger partial charge in [-0.05, 0) is 24.6 Å². The van der Waals surface area contributed by atoms with Crippen molar-refractivity contribution in [2.24, 2.45) is 0 Å². The average Bonchev–Trinajstić information content (AvgIpc) is 2.29. The van der Waals surface area contributed by atoms with Crippen molar-refractivity contribution < 1.29 is 9.53 Å². The Balaban J connectivity index is 2.62. The average molecular weight is 248 g/mol. The number of carbonyl (C=O) groups is 1. The van der Waals surface area contributed by atoms with Crippen LogP contribution in [0.3, 0.4) is 0 Å². The molecule has 0 spiro atoms. The molecule has 0 saturated carbocycles. The second-order valence-electron chi connectivity index (χ2n) is 3.60. The summed E-state index contributed by atoms with van der Waals surface area (Å²) in [6.07, 6.45) is 0.710. The summed E-state index contributed by atoms with van der Waals surface area (Å²) in [5, 5.41) is 0.139. The monoisotopic (exact) mass is 248 g/mol. The highest BCUT2D eigenvalue weighted by atomic mass is 32.2. The molecule has 0 unspecified atom stereocenters. The Morgan fingerprint density at radius 2 is 2.24 bits per heavy atom. The number of rotatable bonds is 3. The Kier molecular flexibility index (Phi) is 5.65. The molecule has 0 radical (unpaired) electrons. The van der Waals surface area contributed by atoms with E-state index in [1.54, 1.807) is 14.0 Å². The van der Waals surface area contributed by atoms with Crippen molar-refractivity contribution in [3.8, 4) is 17.6 Å². The summed E-state index contributed by atoms with van der Waals surface area (Å²) in [6, 6.07) is 5.93. The fourth-order valence-corrected chi connectivity index (χ4v) is 1.80. The quantitative estimate of drug-likeness (QED) is 0.607. The van der Waals surface area contributed by atoms with Crippen LogP contribution in [0.4, 0.5) is 0 Å². The summed E-state index contributed by atoms with van der Waals surface area (Å²) in [7, 11) is 1.64. The van der Waals surface area contributed by atoms with Crippen LogP contribution in [0.2, 0.25) is 0 Å². The molecular weight excluding hydrogens is 232 g/mol. The third-order valence-corrected chi connectivity index (χ3v) is 2.93. The van der Waals surface area contributed by atoms with Crippen molar-refractivity contribution in [1.82, 2.24) is 0 Å². The predicted octanol–water partition coefficient (Wildman–Crippen LogP) is 3.02. The van der Waals surface area contributed by atoms with Gasteiger partial charge in [-0.25, -0.2) is 0 Å². The number of thioether (sulfide) groups is 1. The van der Waals surface area contributed by atoms with E-state index in [1.165, 1.54) is 11.8 Å². The summed E-state index contributed by atoms with van der Waals surface area (Å²) < 4.78 is 5.26. The van der Waals surface area contributed by atoms with Gasteiger partial charge in [0.1, 0.15) is 5.75 Å². The summed E-state index contributed by atoms with van der Waals surface area (Å²) in [5.41, 5.74) is 2.05. The molecule has 1 aromatic rings. The van der Waals surface area contributed by atoms with Gasteiger partial charge in [-0.2, -0.15) is 0 Å². The van der Waals surface area contributed by atoms with Crippen molar-refractivity contribution >= 4 is 16.9 Å². The normalized spacial score (nSPS) is 9.35. The number of aryl methyl sites for hydroxylation is 1. The van der Waals surface area contributed by atoms with E-state index < -0.39 is 0 Å². The molecule has 0 saturated heterocycles. The highest BCUT2D eigenvalue weighted by molar-refractivity contribution is 8.13. The van der Waals surface area contributed by atoms with Crippen molar-refractivity contribution in [3.63, 3.8) is 0 Å². The first-order chi connectivity index (χ1) is 8.13. The zero-order valence-corrected chi connectivity index (χ0v) is 11.2. The first-order valence-corrected chi connectivity index (χ1v) is 6.39. The predicted molar refractivity (Wildman–Crippen MR) is 72.4 cm³/mol. The third kappa shape index (κ3) is 4.97. The second kappa shape index (κ2) is 7.03. The molecule has 2 nitrogen and oxygen atoms in total. The molecule has 17 heavy (non-hydrogen) atoms. The van der Waals surface area contributed by atoms with Gasteiger partial charge in [0.25, 0.3) is 0 Å². The smallest absolute Gasteiger partial charge is 0.185 e. The maximum atomic E-state index is 10.7. The number of benzene rings is 1. The van der Waals surface area contributed by atoms with Crippen LogP contribution in [-0.4, -0.2) is 18.0 Å². The molecule has 3 heteroatoms. The molecule has 1 rings (SSSR count). The van der Waals surface area contributed by atoms with E-state index in [0.29, 0.717) is 6.42 Å². The minimum absolute atomic E-state index is 0.139. The molecule has 0 fully saturated rings. The van der Waals surface area contributed by atoms with Crippen LogP contribution in [0.1, 0.15) is 24.5 Å². The fraction of sp³-hybridized carbons (Fsp3) is 0.357. The fourth-order valence-electron chi connectivity index (χ4n) is 1.31. The van der Waals surface area contributed by atoms with E-state index in [-0.39, 0.29) is 5.12 Å². The van der Waals surface area contributed by atoms with Crippen LogP contribution in [-0.2, 0) is 4.79 Å². The Bertz CT molecular complexity index is 455. The first-order valence-electron chi connectivity index (χ1n) is 5.40. The zero-order chi connectivity index (χ0) is 12.7. The molecule has 1 aromatic carbocycles. The van der Waals surface area contributed by atoms with Crippen molar-refractivity contribution in [3.05, 3.63) is 29.3 Å². The molecule has 0 atom stereocenters. The van der Waals surface area contributed by atoms with Crippen LogP contribution in [0.5, 0.6) is 5.75 Å². The van der Waals surface area contributed by atoms with Crippen LogP contribution in [0, 0.1) is 18.8 Å². The highest BCUT2D eigenvalue weighted by Crippen LogP contribution is 2.18.